The smallest absolute Gasteiger partial charge is 0.324 e. The average Bonchev–Trinajstić information content (AvgIpc) is 2.65. The molecular formula is C22H26O4S. The summed E-state index contributed by atoms with van der Waals surface area (Å²) in [7, 11) is -3.78. The predicted molar refractivity (Wildman–Crippen MR) is 108 cm³/mol. The second-order valence-electron chi connectivity index (χ2n) is 6.34. The average molecular weight is 387 g/mol. The van der Waals surface area contributed by atoms with Crippen molar-refractivity contribution < 1.29 is 17.9 Å². The van der Waals surface area contributed by atoms with Gasteiger partial charge in [0.1, 0.15) is 0 Å². The minimum Gasteiger partial charge on any atom is -0.465 e. The summed E-state index contributed by atoms with van der Waals surface area (Å²) in [4.78, 5) is 12.5. The molecule has 0 bridgehead atoms. The van der Waals surface area contributed by atoms with Crippen LogP contribution in [0.1, 0.15) is 37.3 Å². The number of hydrogen-bond donors (Lipinski definition) is 0. The van der Waals surface area contributed by atoms with Gasteiger partial charge in [0.2, 0.25) is 0 Å². The number of benzene rings is 2. The molecule has 0 aromatic heterocycles. The van der Waals surface area contributed by atoms with Crippen molar-refractivity contribution in [3.05, 3.63) is 71.8 Å². The highest BCUT2D eigenvalue weighted by molar-refractivity contribution is 7.92. The molecule has 0 N–H and O–H groups in total. The van der Waals surface area contributed by atoms with Gasteiger partial charge >= 0.3 is 5.97 Å². The van der Waals surface area contributed by atoms with Gasteiger partial charge in [-0.1, -0.05) is 60.2 Å². The summed E-state index contributed by atoms with van der Waals surface area (Å²) in [5.74, 6) is -0.676. The first kappa shape index (κ1) is 20.9. The van der Waals surface area contributed by atoms with Crippen LogP contribution in [0, 0.1) is 6.92 Å². The molecule has 0 fully saturated rings. The van der Waals surface area contributed by atoms with Crippen molar-refractivity contribution in [3.8, 4) is 0 Å². The van der Waals surface area contributed by atoms with Gasteiger partial charge in [-0.25, -0.2) is 8.42 Å². The molecule has 2 rings (SSSR count). The molecule has 0 saturated heterocycles. The van der Waals surface area contributed by atoms with E-state index in [9.17, 15) is 13.2 Å². The minimum absolute atomic E-state index is 0.158. The van der Waals surface area contributed by atoms with Crippen LogP contribution in [-0.2, 0) is 19.4 Å². The molecule has 1 atom stereocenters. The summed E-state index contributed by atoms with van der Waals surface area (Å²) in [5, 5.41) is -1.18. The summed E-state index contributed by atoms with van der Waals surface area (Å²) >= 11 is 0. The number of carbonyl (C=O) groups is 1. The Hall–Kier alpha value is -2.40. The first-order chi connectivity index (χ1) is 12.9. The third-order valence-electron chi connectivity index (χ3n) is 4.22. The van der Waals surface area contributed by atoms with Gasteiger partial charge in [-0.2, -0.15) is 0 Å². The first-order valence-corrected chi connectivity index (χ1v) is 10.7. The number of ether oxygens (including phenoxy) is 1. The van der Waals surface area contributed by atoms with Crippen LogP contribution >= 0.6 is 0 Å². The zero-order valence-corrected chi connectivity index (χ0v) is 16.6. The Balaban J connectivity index is 2.06. The highest BCUT2D eigenvalue weighted by Gasteiger charge is 2.34. The fraction of sp³-hybridized carbons (Fsp3) is 0.318. The lowest BCUT2D eigenvalue weighted by molar-refractivity contribution is -0.142. The number of esters is 1. The minimum atomic E-state index is -3.78. The molecular weight excluding hydrogens is 360 g/mol. The summed E-state index contributed by atoms with van der Waals surface area (Å²) < 4.78 is 30.9. The lowest BCUT2D eigenvalue weighted by Gasteiger charge is -2.16. The van der Waals surface area contributed by atoms with Crippen LogP contribution in [0.3, 0.4) is 0 Å². The second-order valence-corrected chi connectivity index (χ2v) is 8.47. The first-order valence-electron chi connectivity index (χ1n) is 9.14. The third kappa shape index (κ3) is 6.07. The van der Waals surface area contributed by atoms with Crippen molar-refractivity contribution in [2.75, 3.05) is 6.61 Å². The Morgan fingerprint density at radius 2 is 1.74 bits per heavy atom. The van der Waals surface area contributed by atoms with E-state index in [1.165, 1.54) is 0 Å². The SMILES string of the molecule is CCOC(=O)C(CCCC=Cc1ccccc1)S(=O)(=O)c1ccc(C)cc1. The Morgan fingerprint density at radius 3 is 2.37 bits per heavy atom. The zero-order chi connectivity index (χ0) is 19.7. The predicted octanol–water partition coefficient (Wildman–Crippen LogP) is 4.58. The molecule has 0 aliphatic carbocycles. The maximum absolute atomic E-state index is 12.9. The van der Waals surface area contributed by atoms with Gasteiger partial charge in [0, 0.05) is 0 Å². The maximum atomic E-state index is 12.9. The fourth-order valence-electron chi connectivity index (χ4n) is 2.73. The summed E-state index contributed by atoms with van der Waals surface area (Å²) in [6, 6.07) is 16.4. The van der Waals surface area contributed by atoms with E-state index in [1.54, 1.807) is 31.2 Å². The largest absolute Gasteiger partial charge is 0.465 e. The van der Waals surface area contributed by atoms with Crippen molar-refractivity contribution >= 4 is 21.9 Å². The number of carbonyl (C=O) groups excluding carboxylic acids is 1. The molecule has 0 heterocycles. The van der Waals surface area contributed by atoms with Gasteiger partial charge in [-0.15, -0.1) is 0 Å². The standard InChI is InChI=1S/C22H26O4S/c1-3-26-22(23)21(27(24,25)20-16-14-18(2)15-17-20)13-9-5-8-12-19-10-6-4-7-11-19/h4,6-8,10-12,14-17,21H,3,5,9,13H2,1-2H3. The molecule has 4 nitrogen and oxygen atoms in total. The van der Waals surface area contributed by atoms with Crippen molar-refractivity contribution in [2.45, 2.75) is 43.3 Å². The lowest BCUT2D eigenvalue weighted by Crippen LogP contribution is -2.32. The molecule has 0 radical (unpaired) electrons. The monoisotopic (exact) mass is 386 g/mol. The molecule has 1 unspecified atom stereocenters. The number of hydrogen-bond acceptors (Lipinski definition) is 4. The highest BCUT2D eigenvalue weighted by Crippen LogP contribution is 2.22. The molecule has 27 heavy (non-hydrogen) atoms. The van der Waals surface area contributed by atoms with Crippen molar-refractivity contribution in [2.24, 2.45) is 0 Å². The Morgan fingerprint density at radius 1 is 1.07 bits per heavy atom. The van der Waals surface area contributed by atoms with E-state index in [-0.39, 0.29) is 17.9 Å². The Bertz CT molecular complexity index is 853. The van der Waals surface area contributed by atoms with Crippen LogP contribution in [0.5, 0.6) is 0 Å². The van der Waals surface area contributed by atoms with E-state index in [2.05, 4.69) is 0 Å². The molecule has 0 amide bonds. The van der Waals surface area contributed by atoms with E-state index < -0.39 is 21.1 Å². The Labute approximate surface area is 161 Å². The van der Waals surface area contributed by atoms with E-state index in [1.807, 2.05) is 49.4 Å². The molecule has 0 aliphatic rings. The fourth-order valence-corrected chi connectivity index (χ4v) is 4.37. The van der Waals surface area contributed by atoms with Crippen LogP contribution in [0.4, 0.5) is 0 Å². The van der Waals surface area contributed by atoms with E-state index in [0.29, 0.717) is 12.8 Å². The summed E-state index contributed by atoms with van der Waals surface area (Å²) in [6.07, 6.45) is 5.49. The number of sulfone groups is 1. The van der Waals surface area contributed by atoms with Crippen LogP contribution < -0.4 is 0 Å². The molecule has 0 saturated carbocycles. The number of aryl methyl sites for hydroxylation is 1. The van der Waals surface area contributed by atoms with E-state index in [0.717, 1.165) is 11.1 Å². The lowest BCUT2D eigenvalue weighted by atomic mass is 10.1. The molecule has 5 heteroatoms. The maximum Gasteiger partial charge on any atom is 0.324 e. The molecule has 144 valence electrons. The van der Waals surface area contributed by atoms with Crippen LogP contribution in [0.25, 0.3) is 6.08 Å². The number of allylic oxidation sites excluding steroid dienone is 1. The van der Waals surface area contributed by atoms with Crippen molar-refractivity contribution in [3.63, 3.8) is 0 Å². The third-order valence-corrected chi connectivity index (χ3v) is 6.33. The highest BCUT2D eigenvalue weighted by atomic mass is 32.2. The summed E-state index contributed by atoms with van der Waals surface area (Å²) in [5.41, 5.74) is 2.06. The van der Waals surface area contributed by atoms with E-state index in [4.69, 9.17) is 4.74 Å². The second kappa shape index (κ2) is 10.1. The number of unbranched alkanes of at least 4 members (excludes halogenated alkanes) is 1. The molecule has 0 spiro atoms. The Kier molecular flexibility index (Phi) is 7.80. The van der Waals surface area contributed by atoms with Crippen LogP contribution in [-0.4, -0.2) is 26.2 Å². The molecule has 0 aliphatic heterocycles. The topological polar surface area (TPSA) is 60.4 Å². The van der Waals surface area contributed by atoms with Crippen molar-refractivity contribution in [1.82, 2.24) is 0 Å². The van der Waals surface area contributed by atoms with E-state index >= 15 is 0 Å². The van der Waals surface area contributed by atoms with Gasteiger partial charge in [0.15, 0.2) is 15.1 Å². The van der Waals surface area contributed by atoms with Gasteiger partial charge in [0.25, 0.3) is 0 Å². The summed E-state index contributed by atoms with van der Waals surface area (Å²) in [6.45, 7) is 3.72. The molecule has 2 aromatic carbocycles. The van der Waals surface area contributed by atoms with Crippen LogP contribution in [0.15, 0.2) is 65.6 Å². The normalized spacial score (nSPS) is 12.8. The zero-order valence-electron chi connectivity index (χ0n) is 15.8. The number of rotatable bonds is 9. The van der Waals surface area contributed by atoms with Gasteiger partial charge in [0.05, 0.1) is 11.5 Å². The van der Waals surface area contributed by atoms with Gasteiger partial charge in [-0.3, -0.25) is 4.79 Å². The quantitative estimate of drug-likeness (QED) is 0.467. The van der Waals surface area contributed by atoms with Crippen molar-refractivity contribution in [1.29, 1.82) is 0 Å². The molecule has 2 aromatic rings. The van der Waals surface area contributed by atoms with Crippen LogP contribution in [0.2, 0.25) is 0 Å². The van der Waals surface area contributed by atoms with Gasteiger partial charge in [-0.05, 0) is 50.8 Å². The van der Waals surface area contributed by atoms with Gasteiger partial charge < -0.3 is 4.74 Å².